The van der Waals surface area contributed by atoms with E-state index < -0.39 is 82.2 Å². The van der Waals surface area contributed by atoms with Gasteiger partial charge < -0.3 is 30.6 Å². The second-order valence-corrected chi connectivity index (χ2v) is 12.6. The molecule has 9 atom stereocenters. The van der Waals surface area contributed by atoms with E-state index in [0.29, 0.717) is 24.8 Å². The number of benzene rings is 1. The molecule has 3 fully saturated rings. The number of aromatic hydroxyl groups is 1. The number of carbonyl (C=O) groups is 4. The van der Waals surface area contributed by atoms with Crippen molar-refractivity contribution >= 4 is 23.3 Å². The molecule has 0 radical (unpaired) electrons. The van der Waals surface area contributed by atoms with Crippen molar-refractivity contribution in [3.05, 3.63) is 29.3 Å². The number of ketones is 3. The fourth-order valence-electron chi connectivity index (χ4n) is 8.28. The average molecular weight is 557 g/mol. The molecule has 0 aromatic heterocycles. The zero-order valence-corrected chi connectivity index (χ0v) is 23.5. The minimum Gasteiger partial charge on any atom is -0.507 e. The number of likely N-dealkylation sites (N-methyl/N-ethyl adjacent to an activating group) is 1. The number of nitrogens with one attached hydrogen (secondary N) is 1. The van der Waals surface area contributed by atoms with Crippen LogP contribution >= 0.6 is 0 Å². The summed E-state index contributed by atoms with van der Waals surface area (Å²) in [5.41, 5.74) is -3.05. The first-order valence-corrected chi connectivity index (χ1v) is 14.3. The van der Waals surface area contributed by atoms with Crippen LogP contribution in [0.15, 0.2) is 18.2 Å². The maximum absolute atomic E-state index is 14.2. The minimum atomic E-state index is -2.89. The van der Waals surface area contributed by atoms with Gasteiger partial charge in [-0.3, -0.25) is 19.2 Å². The summed E-state index contributed by atoms with van der Waals surface area (Å²) in [5.74, 6) is -10.6. The Morgan fingerprint density at radius 1 is 1.05 bits per heavy atom. The molecule has 5 N–H and O–H groups in total. The Morgan fingerprint density at radius 2 is 1.70 bits per heavy atom. The van der Waals surface area contributed by atoms with Gasteiger partial charge in [-0.15, -0.1) is 0 Å². The van der Waals surface area contributed by atoms with Crippen LogP contribution in [-0.4, -0.2) is 92.1 Å². The van der Waals surface area contributed by atoms with E-state index in [1.807, 2.05) is 6.92 Å². The van der Waals surface area contributed by atoms with E-state index >= 15 is 0 Å². The van der Waals surface area contributed by atoms with Crippen molar-refractivity contribution in [2.45, 2.75) is 87.7 Å². The van der Waals surface area contributed by atoms with Crippen molar-refractivity contribution in [3.8, 4) is 5.75 Å². The Hall–Kier alpha value is -2.66. The van der Waals surface area contributed by atoms with Gasteiger partial charge in [0.2, 0.25) is 5.91 Å². The quantitative estimate of drug-likeness (QED) is 0.339. The van der Waals surface area contributed by atoms with Gasteiger partial charge in [0, 0.05) is 23.4 Å². The van der Waals surface area contributed by atoms with Gasteiger partial charge in [0.25, 0.3) is 0 Å². The van der Waals surface area contributed by atoms with Gasteiger partial charge in [-0.2, -0.15) is 0 Å². The van der Waals surface area contributed by atoms with Crippen LogP contribution < -0.4 is 5.32 Å². The monoisotopic (exact) mass is 556 g/mol. The number of hydrogen-bond donors (Lipinski definition) is 5. The number of Topliss-reactive ketones (excluding diaryl/α,β-unsaturated/α-hetero) is 3. The number of phenolic OH excluding ortho intramolecular Hbond substituents is 1. The minimum absolute atomic E-state index is 0.0669. The third-order valence-corrected chi connectivity index (χ3v) is 10.4. The topological polar surface area (TPSA) is 164 Å². The molecule has 4 aliphatic rings. The summed E-state index contributed by atoms with van der Waals surface area (Å²) in [7, 11) is 3.17. The van der Waals surface area contributed by atoms with Crippen molar-refractivity contribution in [1.82, 2.24) is 10.2 Å². The summed E-state index contributed by atoms with van der Waals surface area (Å²) in [6.07, 6.45) is 1.74. The molecule has 10 heteroatoms. The number of hydrogen-bond acceptors (Lipinski definition) is 9. The molecule has 1 aromatic rings. The summed E-state index contributed by atoms with van der Waals surface area (Å²) in [4.78, 5) is 57.2. The molecule has 0 saturated heterocycles. The lowest BCUT2D eigenvalue weighted by atomic mass is 9.49. The van der Waals surface area contributed by atoms with E-state index in [0.717, 1.165) is 19.3 Å². The highest BCUT2D eigenvalue weighted by Crippen LogP contribution is 2.55. The SMILES string of the molecule is CCC1(NC(=O)C2C(=O)[C@]3(O)C(=O)C4C(=O)c5c(O)cccc5[C@@H](C)[C@@H]4[C@@H](O)[C@@H]3[C@@H](N(C)C)C2O)CCCCC1. The molecule has 1 amide bonds. The molecule has 1 aromatic carbocycles. The number of fused-ring (bicyclic) bond motifs is 3. The Balaban J connectivity index is 1.60. The lowest BCUT2D eigenvalue weighted by molar-refractivity contribution is -0.209. The normalized spacial score (nSPS) is 38.9. The molecule has 10 nitrogen and oxygen atoms in total. The molecule has 0 spiro atoms. The van der Waals surface area contributed by atoms with E-state index in [1.165, 1.54) is 11.0 Å². The van der Waals surface area contributed by atoms with E-state index in [9.17, 15) is 39.6 Å². The molecule has 218 valence electrons. The Bertz CT molecular complexity index is 1240. The number of rotatable bonds is 4. The molecule has 4 aliphatic carbocycles. The highest BCUT2D eigenvalue weighted by atomic mass is 16.3. The fraction of sp³-hybridized carbons (Fsp3) is 0.667. The molecule has 0 bridgehead atoms. The lowest BCUT2D eigenvalue weighted by Crippen LogP contribution is -2.79. The van der Waals surface area contributed by atoms with E-state index in [2.05, 4.69) is 5.32 Å². The van der Waals surface area contributed by atoms with E-state index in [4.69, 9.17) is 0 Å². The van der Waals surface area contributed by atoms with Gasteiger partial charge in [0.1, 0.15) is 11.7 Å². The van der Waals surface area contributed by atoms with E-state index in [1.54, 1.807) is 33.2 Å². The van der Waals surface area contributed by atoms with Gasteiger partial charge >= 0.3 is 0 Å². The molecule has 40 heavy (non-hydrogen) atoms. The number of phenols is 1. The molecular weight excluding hydrogens is 516 g/mol. The summed E-state index contributed by atoms with van der Waals surface area (Å²) < 4.78 is 0. The molecule has 5 rings (SSSR count). The van der Waals surface area contributed by atoms with Crippen molar-refractivity contribution < 1.29 is 39.6 Å². The molecule has 0 aliphatic heterocycles. The van der Waals surface area contributed by atoms with Crippen molar-refractivity contribution in [2.24, 2.45) is 23.7 Å². The molecule has 3 unspecified atom stereocenters. The number of carbonyl (C=O) groups excluding carboxylic acids is 4. The molecule has 3 saturated carbocycles. The van der Waals surface area contributed by atoms with Gasteiger partial charge in [0.05, 0.1) is 23.7 Å². The maximum atomic E-state index is 14.2. The van der Waals surface area contributed by atoms with Gasteiger partial charge in [-0.05, 0) is 50.9 Å². The predicted molar refractivity (Wildman–Crippen MR) is 144 cm³/mol. The van der Waals surface area contributed by atoms with Gasteiger partial charge in [0.15, 0.2) is 23.0 Å². The summed E-state index contributed by atoms with van der Waals surface area (Å²) in [6.45, 7) is 3.67. The molecular formula is C30H40N2O8. The first kappa shape index (κ1) is 28.9. The lowest BCUT2D eigenvalue weighted by Gasteiger charge is -2.58. The summed E-state index contributed by atoms with van der Waals surface area (Å²) >= 11 is 0. The van der Waals surface area contributed by atoms with Crippen LogP contribution in [0.2, 0.25) is 0 Å². The van der Waals surface area contributed by atoms with Gasteiger partial charge in [-0.1, -0.05) is 45.2 Å². The average Bonchev–Trinajstić information content (AvgIpc) is 2.91. The summed E-state index contributed by atoms with van der Waals surface area (Å²) in [6, 6.07) is 3.39. The Morgan fingerprint density at radius 3 is 2.30 bits per heavy atom. The first-order chi connectivity index (χ1) is 18.8. The number of nitrogens with zero attached hydrogens (tertiary/aromatic N) is 1. The van der Waals surface area contributed by atoms with Crippen LogP contribution in [-0.2, 0) is 14.4 Å². The number of aliphatic hydroxyl groups excluding tert-OH is 2. The Kier molecular flexibility index (Phi) is 7.22. The standard InChI is InChI=1S/C30H40N2O8/c1-5-29(12-7-6-8-13-29)31-28(39)20-25(36)22(32(3)4)21-24(35)17-14(2)15-10-9-11-16(33)18(15)23(34)19(17)26(37)30(21,40)27(20)38/h9-11,14,17,19-22,24-25,33,35-36,40H,5-8,12-13H2,1-4H3,(H,31,39)/t14-,17+,19?,20?,21+,22-,24-,25?,30-/m1/s1. The van der Waals surface area contributed by atoms with Crippen LogP contribution in [0, 0.1) is 23.7 Å². The fourth-order valence-corrected chi connectivity index (χ4v) is 8.28. The highest BCUT2D eigenvalue weighted by molar-refractivity contribution is 6.26. The zero-order chi connectivity index (χ0) is 29.3. The largest absolute Gasteiger partial charge is 0.507 e. The van der Waals surface area contributed by atoms with Crippen molar-refractivity contribution in [1.29, 1.82) is 0 Å². The van der Waals surface area contributed by atoms with Crippen LogP contribution in [0.4, 0.5) is 0 Å². The zero-order valence-electron chi connectivity index (χ0n) is 23.5. The third-order valence-electron chi connectivity index (χ3n) is 10.4. The van der Waals surface area contributed by atoms with Crippen molar-refractivity contribution in [2.75, 3.05) is 14.1 Å². The Labute approximate surface area is 233 Å². The van der Waals surface area contributed by atoms with Crippen molar-refractivity contribution in [3.63, 3.8) is 0 Å². The smallest absolute Gasteiger partial charge is 0.233 e. The highest BCUT2D eigenvalue weighted by Gasteiger charge is 2.73. The van der Waals surface area contributed by atoms with E-state index in [-0.39, 0.29) is 11.3 Å². The second-order valence-electron chi connectivity index (χ2n) is 12.6. The van der Waals surface area contributed by atoms with Gasteiger partial charge in [-0.25, -0.2) is 0 Å². The summed E-state index contributed by atoms with van der Waals surface area (Å²) in [5, 5.41) is 48.8. The third kappa shape index (κ3) is 3.90. The second kappa shape index (κ2) is 10.0. The molecule has 0 heterocycles. The number of aliphatic hydroxyl groups is 3. The van der Waals surface area contributed by atoms with Crippen LogP contribution in [0.5, 0.6) is 5.75 Å². The van der Waals surface area contributed by atoms with Crippen LogP contribution in [0.3, 0.4) is 0 Å². The maximum Gasteiger partial charge on any atom is 0.233 e. The van der Waals surface area contributed by atoms with Crippen LogP contribution in [0.1, 0.15) is 74.2 Å². The van der Waals surface area contributed by atoms with Crippen LogP contribution in [0.25, 0.3) is 0 Å². The predicted octanol–water partition coefficient (Wildman–Crippen LogP) is 0.934. The first-order valence-electron chi connectivity index (χ1n) is 14.3. The number of amides is 1.